The molecule has 0 aliphatic carbocycles. The summed E-state index contributed by atoms with van der Waals surface area (Å²) in [7, 11) is 2.10. The number of hydrogen-bond acceptors (Lipinski definition) is 6. The maximum absolute atomic E-state index is 13.0. The third-order valence-corrected chi connectivity index (χ3v) is 6.28. The minimum absolute atomic E-state index is 0.127. The first-order valence-electron chi connectivity index (χ1n) is 9.98. The molecule has 2 aromatic carbocycles. The van der Waals surface area contributed by atoms with Crippen LogP contribution < -0.4 is 19.5 Å². The van der Waals surface area contributed by atoms with Gasteiger partial charge >= 0.3 is 0 Å². The van der Waals surface area contributed by atoms with Gasteiger partial charge in [0, 0.05) is 25.2 Å². The summed E-state index contributed by atoms with van der Waals surface area (Å²) in [5.74, 6) is -0.0186. The lowest BCUT2D eigenvalue weighted by Crippen LogP contribution is -2.30. The van der Waals surface area contributed by atoms with Crippen LogP contribution in [-0.2, 0) is 14.8 Å². The van der Waals surface area contributed by atoms with Crippen molar-refractivity contribution in [2.24, 2.45) is 0 Å². The summed E-state index contributed by atoms with van der Waals surface area (Å²) in [5, 5.41) is 2.91. The van der Waals surface area contributed by atoms with Gasteiger partial charge < -0.3 is 19.7 Å². The van der Waals surface area contributed by atoms with Crippen molar-refractivity contribution >= 4 is 21.8 Å². The van der Waals surface area contributed by atoms with Crippen LogP contribution in [0.2, 0.25) is 0 Å². The Morgan fingerprint density at radius 3 is 2.38 bits per heavy atom. The first-order chi connectivity index (χ1) is 15.1. The fourth-order valence-corrected chi connectivity index (χ4v) is 3.87. The van der Waals surface area contributed by atoms with Gasteiger partial charge in [0.2, 0.25) is 10.0 Å². The van der Waals surface area contributed by atoms with Crippen LogP contribution in [0.5, 0.6) is 11.5 Å². The largest absolute Gasteiger partial charge is 0.495 e. The van der Waals surface area contributed by atoms with Crippen molar-refractivity contribution in [3.63, 3.8) is 0 Å². The molecule has 2 amide bonds. The quantitative estimate of drug-likeness (QED) is 0.557. The summed E-state index contributed by atoms with van der Waals surface area (Å²) in [6.45, 7) is 1.77. The number of rotatable bonds is 10. The molecule has 0 heterocycles. The maximum atomic E-state index is 13.0. The Bertz CT molecular complexity index is 1070. The number of nitrogens with zero attached hydrogens (tertiary/aromatic N) is 1. The van der Waals surface area contributed by atoms with Crippen molar-refractivity contribution in [2.45, 2.75) is 24.3 Å². The highest BCUT2D eigenvalue weighted by Crippen LogP contribution is 2.29. The molecule has 0 fully saturated rings. The van der Waals surface area contributed by atoms with E-state index in [0.717, 1.165) is 0 Å². The zero-order chi connectivity index (χ0) is 23.9. The van der Waals surface area contributed by atoms with Gasteiger partial charge in [0.25, 0.3) is 11.8 Å². The second-order valence-corrected chi connectivity index (χ2v) is 8.98. The average molecular weight is 464 g/mol. The zero-order valence-corrected chi connectivity index (χ0v) is 19.7. The number of carbonyl (C=O) groups is 2. The number of sulfonamides is 1. The Labute approximate surface area is 188 Å². The molecule has 2 N–H and O–H groups in total. The maximum Gasteiger partial charge on any atom is 0.259 e. The van der Waals surface area contributed by atoms with Crippen molar-refractivity contribution in [1.82, 2.24) is 14.9 Å². The Hall–Kier alpha value is -3.11. The molecule has 0 aliphatic heterocycles. The SMILES string of the molecule is CCC(NC(=O)c1ccc(OC)c(S(=O)(=O)NC)c1)c1ccccc1OCC(=O)N(C)C. The first-order valence-corrected chi connectivity index (χ1v) is 11.5. The molecular formula is C22H29N3O6S. The van der Waals surface area contributed by atoms with Crippen molar-refractivity contribution < 1.29 is 27.5 Å². The molecule has 0 saturated carbocycles. The fourth-order valence-electron chi connectivity index (χ4n) is 2.95. The molecule has 0 saturated heterocycles. The highest BCUT2D eigenvalue weighted by Gasteiger charge is 2.22. The van der Waals surface area contributed by atoms with Crippen LogP contribution in [0.4, 0.5) is 0 Å². The van der Waals surface area contributed by atoms with Crippen molar-refractivity contribution in [3.05, 3.63) is 53.6 Å². The molecule has 0 aliphatic rings. The molecule has 10 heteroatoms. The van der Waals surface area contributed by atoms with Crippen LogP contribution in [0.15, 0.2) is 47.4 Å². The van der Waals surface area contributed by atoms with Crippen LogP contribution in [0.25, 0.3) is 0 Å². The lowest BCUT2D eigenvalue weighted by atomic mass is 10.0. The molecule has 174 valence electrons. The first kappa shape index (κ1) is 25.2. The molecule has 0 bridgehead atoms. The summed E-state index contributed by atoms with van der Waals surface area (Å²) in [4.78, 5) is 26.1. The molecule has 2 rings (SSSR count). The van der Waals surface area contributed by atoms with Crippen LogP contribution in [-0.4, -0.2) is 60.0 Å². The second kappa shape index (κ2) is 11.0. The number of para-hydroxylation sites is 1. The molecule has 2 aromatic rings. The summed E-state index contributed by atoms with van der Waals surface area (Å²) in [6.07, 6.45) is 0.547. The predicted octanol–water partition coefficient (Wildman–Crippen LogP) is 1.95. The second-order valence-electron chi connectivity index (χ2n) is 7.12. The van der Waals surface area contributed by atoms with Gasteiger partial charge in [-0.2, -0.15) is 0 Å². The summed E-state index contributed by atoms with van der Waals surface area (Å²) < 4.78 is 37.6. The zero-order valence-electron chi connectivity index (χ0n) is 18.8. The monoisotopic (exact) mass is 463 g/mol. The molecule has 0 radical (unpaired) electrons. The smallest absolute Gasteiger partial charge is 0.259 e. The van der Waals surface area contributed by atoms with Crippen molar-refractivity contribution in [1.29, 1.82) is 0 Å². The number of methoxy groups -OCH3 is 1. The third-order valence-electron chi connectivity index (χ3n) is 4.84. The number of hydrogen-bond donors (Lipinski definition) is 2. The van der Waals surface area contributed by atoms with E-state index < -0.39 is 22.0 Å². The molecule has 1 atom stereocenters. The van der Waals surface area contributed by atoms with Crippen molar-refractivity contribution in [3.8, 4) is 11.5 Å². The number of amides is 2. The van der Waals surface area contributed by atoms with Gasteiger partial charge in [-0.15, -0.1) is 0 Å². The Morgan fingerprint density at radius 1 is 1.09 bits per heavy atom. The van der Waals surface area contributed by atoms with Crippen LogP contribution >= 0.6 is 0 Å². The van der Waals surface area contributed by atoms with Gasteiger partial charge in [-0.3, -0.25) is 9.59 Å². The highest BCUT2D eigenvalue weighted by atomic mass is 32.2. The van der Waals surface area contributed by atoms with E-state index in [-0.39, 0.29) is 28.7 Å². The Balaban J connectivity index is 2.30. The van der Waals surface area contributed by atoms with Gasteiger partial charge in [-0.1, -0.05) is 25.1 Å². The van der Waals surface area contributed by atoms with Gasteiger partial charge in [0.15, 0.2) is 6.61 Å². The predicted molar refractivity (Wildman–Crippen MR) is 120 cm³/mol. The number of carbonyl (C=O) groups excluding carboxylic acids is 2. The Morgan fingerprint density at radius 2 is 1.78 bits per heavy atom. The summed E-state index contributed by atoms with van der Waals surface area (Å²) in [6, 6.07) is 10.9. The minimum atomic E-state index is -3.82. The number of nitrogens with one attached hydrogen (secondary N) is 2. The van der Waals surface area contributed by atoms with Gasteiger partial charge in [0.05, 0.1) is 13.2 Å². The lowest BCUT2D eigenvalue weighted by molar-refractivity contribution is -0.130. The summed E-state index contributed by atoms with van der Waals surface area (Å²) >= 11 is 0. The molecule has 0 aromatic heterocycles. The Kier molecular flexibility index (Phi) is 8.62. The normalized spacial score (nSPS) is 12.0. The van der Waals surface area contributed by atoms with E-state index in [1.54, 1.807) is 26.2 Å². The van der Waals surface area contributed by atoms with E-state index in [1.165, 1.54) is 37.3 Å². The van der Waals surface area contributed by atoms with E-state index in [0.29, 0.717) is 17.7 Å². The van der Waals surface area contributed by atoms with Crippen LogP contribution in [0, 0.1) is 0 Å². The van der Waals surface area contributed by atoms with E-state index in [1.807, 2.05) is 19.1 Å². The summed E-state index contributed by atoms with van der Waals surface area (Å²) in [5.41, 5.74) is 0.880. The third kappa shape index (κ3) is 5.98. The van der Waals surface area contributed by atoms with E-state index in [9.17, 15) is 18.0 Å². The molecule has 32 heavy (non-hydrogen) atoms. The molecular weight excluding hydrogens is 434 g/mol. The topological polar surface area (TPSA) is 114 Å². The van der Waals surface area contributed by atoms with Crippen LogP contribution in [0.3, 0.4) is 0 Å². The fraction of sp³-hybridized carbons (Fsp3) is 0.364. The number of ether oxygens (including phenoxy) is 2. The average Bonchev–Trinajstić information content (AvgIpc) is 2.80. The standard InChI is InChI=1S/C22H29N3O6S/c1-6-17(16-9-7-8-10-18(16)31-14-21(26)25(3)4)24-22(27)15-11-12-19(30-5)20(13-15)32(28,29)23-2/h7-13,17,23H,6,14H2,1-5H3,(H,24,27). The molecule has 0 spiro atoms. The van der Waals surface area contributed by atoms with Crippen LogP contribution in [0.1, 0.15) is 35.3 Å². The highest BCUT2D eigenvalue weighted by molar-refractivity contribution is 7.89. The number of likely N-dealkylation sites (N-methyl/N-ethyl adjacent to an activating group) is 1. The van der Waals surface area contributed by atoms with E-state index in [4.69, 9.17) is 9.47 Å². The van der Waals surface area contributed by atoms with Gasteiger partial charge in [0.1, 0.15) is 16.4 Å². The molecule has 1 unspecified atom stereocenters. The van der Waals surface area contributed by atoms with Gasteiger partial charge in [-0.05, 0) is 37.7 Å². The minimum Gasteiger partial charge on any atom is -0.495 e. The van der Waals surface area contributed by atoms with Crippen molar-refractivity contribution in [2.75, 3.05) is 34.9 Å². The molecule has 9 nitrogen and oxygen atoms in total. The van der Waals surface area contributed by atoms with E-state index in [2.05, 4.69) is 10.0 Å². The lowest BCUT2D eigenvalue weighted by Gasteiger charge is -2.21. The number of benzene rings is 2. The van der Waals surface area contributed by atoms with Gasteiger partial charge in [-0.25, -0.2) is 13.1 Å². The van der Waals surface area contributed by atoms with E-state index >= 15 is 0 Å².